The van der Waals surface area contributed by atoms with E-state index >= 15 is 0 Å². The van der Waals surface area contributed by atoms with Crippen LogP contribution in [0.4, 0.5) is 19.0 Å². The van der Waals surface area contributed by atoms with Crippen molar-refractivity contribution >= 4 is 5.82 Å². The first-order chi connectivity index (χ1) is 8.94. The van der Waals surface area contributed by atoms with Crippen LogP contribution in [0.15, 0.2) is 12.3 Å². The maximum atomic E-state index is 12.1. The Morgan fingerprint density at radius 2 is 2.00 bits per heavy atom. The number of piperidine rings is 1. The number of halogens is 3. The van der Waals surface area contributed by atoms with Crippen LogP contribution in [0.5, 0.6) is 0 Å². The normalized spacial score (nSPS) is 18.9. The lowest BCUT2D eigenvalue weighted by atomic mass is 10.1. The number of hydrogen-bond donors (Lipinski definition) is 1. The highest BCUT2D eigenvalue weighted by atomic mass is 19.4. The van der Waals surface area contributed by atoms with Gasteiger partial charge in [-0.1, -0.05) is 0 Å². The van der Waals surface area contributed by atoms with Crippen LogP contribution in [0.3, 0.4) is 0 Å². The van der Waals surface area contributed by atoms with E-state index in [1.165, 1.54) is 0 Å². The summed E-state index contributed by atoms with van der Waals surface area (Å²) >= 11 is 0. The minimum atomic E-state index is -4.04. The number of hydrogen-bond acceptors (Lipinski definition) is 3. The Morgan fingerprint density at radius 3 is 2.53 bits per heavy atom. The first-order valence-electron chi connectivity index (χ1n) is 6.54. The zero-order valence-electron chi connectivity index (χ0n) is 10.7. The van der Waals surface area contributed by atoms with E-state index in [-0.39, 0.29) is 6.42 Å². The molecule has 0 unspecified atom stereocenters. The largest absolute Gasteiger partial charge is 0.389 e. The fraction of sp³-hybridized carbons (Fsp3) is 0.750. The second-order valence-corrected chi connectivity index (χ2v) is 5.01. The third kappa shape index (κ3) is 4.41. The summed E-state index contributed by atoms with van der Waals surface area (Å²) in [5, 5.41) is 4.18. The van der Waals surface area contributed by atoms with E-state index in [2.05, 4.69) is 10.00 Å². The van der Waals surface area contributed by atoms with Crippen LogP contribution < -0.4 is 5.73 Å². The number of alkyl halides is 3. The van der Waals surface area contributed by atoms with Crippen molar-refractivity contribution in [2.45, 2.75) is 37.9 Å². The van der Waals surface area contributed by atoms with Crippen molar-refractivity contribution in [3.05, 3.63) is 12.3 Å². The average Bonchev–Trinajstić information content (AvgIpc) is 2.75. The maximum Gasteiger partial charge on any atom is 0.389 e. The van der Waals surface area contributed by atoms with E-state index in [1.54, 1.807) is 6.07 Å². The molecular formula is C12H19F3N4. The van der Waals surface area contributed by atoms with Crippen LogP contribution in [0.2, 0.25) is 0 Å². The van der Waals surface area contributed by atoms with Gasteiger partial charge in [0.1, 0.15) is 5.82 Å². The number of aromatic nitrogens is 2. The summed E-state index contributed by atoms with van der Waals surface area (Å²) in [6, 6.07) is 2.08. The zero-order valence-corrected chi connectivity index (χ0v) is 10.7. The zero-order chi connectivity index (χ0) is 13.9. The van der Waals surface area contributed by atoms with Crippen LogP contribution in [0, 0.1) is 0 Å². The molecule has 1 fully saturated rings. The third-order valence-electron chi connectivity index (χ3n) is 3.49. The van der Waals surface area contributed by atoms with Gasteiger partial charge in [0.15, 0.2) is 0 Å². The Bertz CT molecular complexity index is 394. The van der Waals surface area contributed by atoms with Gasteiger partial charge >= 0.3 is 6.18 Å². The lowest BCUT2D eigenvalue weighted by Gasteiger charge is -2.32. The lowest BCUT2D eigenvalue weighted by molar-refractivity contribution is -0.136. The standard InChI is InChI=1S/C12H19F3N4/c13-12(14,15)5-1-6-18-7-2-10(3-8-18)19-9-4-11(16)17-19/h4,9-10H,1-3,5-8H2,(H2,16,17). The summed E-state index contributed by atoms with van der Waals surface area (Å²) in [5.41, 5.74) is 5.57. The average molecular weight is 276 g/mol. The Hall–Kier alpha value is -1.24. The topological polar surface area (TPSA) is 47.1 Å². The Balaban J connectivity index is 1.71. The first kappa shape index (κ1) is 14.2. The molecule has 2 heterocycles. The van der Waals surface area contributed by atoms with E-state index in [0.29, 0.717) is 18.4 Å². The van der Waals surface area contributed by atoms with E-state index < -0.39 is 12.6 Å². The smallest absolute Gasteiger partial charge is 0.382 e. The van der Waals surface area contributed by atoms with Gasteiger partial charge < -0.3 is 10.6 Å². The predicted octanol–water partition coefficient (Wildman–Crippen LogP) is 2.44. The molecule has 2 N–H and O–H groups in total. The predicted molar refractivity (Wildman–Crippen MR) is 66.6 cm³/mol. The fourth-order valence-electron chi connectivity index (χ4n) is 2.47. The molecule has 1 aromatic rings. The van der Waals surface area contributed by atoms with Crippen molar-refractivity contribution in [1.29, 1.82) is 0 Å². The molecule has 1 aliphatic heterocycles. The van der Waals surface area contributed by atoms with Gasteiger partial charge in [-0.2, -0.15) is 18.3 Å². The van der Waals surface area contributed by atoms with Crippen molar-refractivity contribution in [1.82, 2.24) is 14.7 Å². The summed E-state index contributed by atoms with van der Waals surface area (Å²) < 4.78 is 38.0. The summed E-state index contributed by atoms with van der Waals surface area (Å²) in [7, 11) is 0. The molecule has 0 radical (unpaired) electrons. The van der Waals surface area contributed by atoms with E-state index in [0.717, 1.165) is 25.9 Å². The molecule has 0 saturated carbocycles. The molecule has 108 valence electrons. The minimum absolute atomic E-state index is 0.183. The van der Waals surface area contributed by atoms with Crippen LogP contribution in [-0.2, 0) is 0 Å². The highest BCUT2D eigenvalue weighted by Crippen LogP contribution is 2.24. The molecule has 0 aromatic carbocycles. The molecule has 0 bridgehead atoms. The summed E-state index contributed by atoms with van der Waals surface area (Å²) in [5.74, 6) is 0.507. The van der Waals surface area contributed by atoms with Gasteiger partial charge in [-0.05, 0) is 31.9 Å². The van der Waals surface area contributed by atoms with Crippen LogP contribution in [-0.4, -0.2) is 40.5 Å². The van der Waals surface area contributed by atoms with Crippen LogP contribution >= 0.6 is 0 Å². The van der Waals surface area contributed by atoms with E-state index in [1.807, 2.05) is 10.9 Å². The van der Waals surface area contributed by atoms with E-state index in [9.17, 15) is 13.2 Å². The van der Waals surface area contributed by atoms with Crippen molar-refractivity contribution in [3.8, 4) is 0 Å². The Labute approximate surface area is 110 Å². The van der Waals surface area contributed by atoms with Crippen molar-refractivity contribution in [3.63, 3.8) is 0 Å². The maximum absolute atomic E-state index is 12.1. The van der Waals surface area contributed by atoms with Gasteiger partial charge in [0, 0.05) is 25.7 Å². The Morgan fingerprint density at radius 1 is 1.32 bits per heavy atom. The summed E-state index contributed by atoms with van der Waals surface area (Å²) in [6.45, 7) is 2.16. The monoisotopic (exact) mass is 276 g/mol. The number of nitrogen functional groups attached to an aromatic ring is 1. The second kappa shape index (κ2) is 5.81. The molecule has 1 saturated heterocycles. The van der Waals surface area contributed by atoms with Gasteiger partial charge in [0.25, 0.3) is 0 Å². The number of rotatable bonds is 4. The van der Waals surface area contributed by atoms with Gasteiger partial charge in [-0.25, -0.2) is 0 Å². The van der Waals surface area contributed by atoms with Crippen molar-refractivity contribution in [2.75, 3.05) is 25.4 Å². The molecule has 1 aliphatic rings. The van der Waals surface area contributed by atoms with Gasteiger partial charge in [0.2, 0.25) is 0 Å². The number of nitrogens with two attached hydrogens (primary N) is 1. The van der Waals surface area contributed by atoms with Gasteiger partial charge in [0.05, 0.1) is 6.04 Å². The summed E-state index contributed by atoms with van der Waals surface area (Å²) in [6.07, 6.45) is -0.865. The molecule has 2 rings (SSSR count). The second-order valence-electron chi connectivity index (χ2n) is 5.01. The van der Waals surface area contributed by atoms with Crippen LogP contribution in [0.1, 0.15) is 31.7 Å². The molecule has 7 heteroatoms. The first-order valence-corrected chi connectivity index (χ1v) is 6.54. The quantitative estimate of drug-likeness (QED) is 0.919. The highest BCUT2D eigenvalue weighted by molar-refractivity contribution is 5.24. The molecule has 0 aliphatic carbocycles. The Kier molecular flexibility index (Phi) is 4.34. The number of nitrogens with zero attached hydrogens (tertiary/aromatic N) is 3. The van der Waals surface area contributed by atoms with Crippen LogP contribution in [0.25, 0.3) is 0 Å². The molecule has 4 nitrogen and oxygen atoms in total. The highest BCUT2D eigenvalue weighted by Gasteiger charge is 2.27. The molecule has 0 amide bonds. The molecule has 19 heavy (non-hydrogen) atoms. The SMILES string of the molecule is Nc1ccn(C2CCN(CCCC(F)(F)F)CC2)n1. The number of anilines is 1. The lowest BCUT2D eigenvalue weighted by Crippen LogP contribution is -2.35. The molecule has 1 aromatic heterocycles. The van der Waals surface area contributed by atoms with Gasteiger partial charge in [-0.3, -0.25) is 4.68 Å². The number of likely N-dealkylation sites (tertiary alicyclic amines) is 1. The fourth-order valence-corrected chi connectivity index (χ4v) is 2.47. The molecule has 0 spiro atoms. The van der Waals surface area contributed by atoms with Gasteiger partial charge in [-0.15, -0.1) is 0 Å². The molecule has 0 atom stereocenters. The minimum Gasteiger partial charge on any atom is -0.382 e. The molecular weight excluding hydrogens is 257 g/mol. The van der Waals surface area contributed by atoms with E-state index in [4.69, 9.17) is 5.73 Å². The summed E-state index contributed by atoms with van der Waals surface area (Å²) in [4.78, 5) is 2.09. The third-order valence-corrected chi connectivity index (χ3v) is 3.49. The van der Waals surface area contributed by atoms with Crippen molar-refractivity contribution in [2.24, 2.45) is 0 Å². The van der Waals surface area contributed by atoms with Crippen molar-refractivity contribution < 1.29 is 13.2 Å².